The van der Waals surface area contributed by atoms with Gasteiger partial charge in [0.25, 0.3) is 8.32 Å². The predicted octanol–water partition coefficient (Wildman–Crippen LogP) is 4.18. The van der Waals surface area contributed by atoms with Gasteiger partial charge in [-0.2, -0.15) is 0 Å². The Labute approximate surface area is 164 Å². The Morgan fingerprint density at radius 2 is 1.48 bits per heavy atom. The van der Waals surface area contributed by atoms with Crippen molar-refractivity contribution in [1.29, 1.82) is 0 Å². The molecule has 2 aliphatic rings. The minimum absolute atomic E-state index is 0.0173. The van der Waals surface area contributed by atoms with E-state index in [4.69, 9.17) is 4.43 Å². The van der Waals surface area contributed by atoms with Gasteiger partial charge >= 0.3 is 0 Å². The molecule has 2 fully saturated rings. The molecule has 27 heavy (non-hydrogen) atoms. The second kappa shape index (κ2) is 6.42. The average molecular weight is 379 g/mol. The van der Waals surface area contributed by atoms with Crippen molar-refractivity contribution in [2.24, 2.45) is 17.3 Å². The van der Waals surface area contributed by atoms with Crippen LogP contribution >= 0.6 is 0 Å². The minimum Gasteiger partial charge on any atom is -0.404 e. The molecule has 0 bridgehead atoms. The van der Waals surface area contributed by atoms with Gasteiger partial charge in [0.1, 0.15) is 6.29 Å². The van der Waals surface area contributed by atoms with Crippen LogP contribution in [0.2, 0.25) is 5.04 Å². The molecule has 0 radical (unpaired) electrons. The Hall–Kier alpha value is -1.71. The van der Waals surface area contributed by atoms with Gasteiger partial charge < -0.3 is 9.22 Å². The maximum Gasteiger partial charge on any atom is 0.261 e. The first-order valence-electron chi connectivity index (χ1n) is 10.1. The van der Waals surface area contributed by atoms with Gasteiger partial charge in [-0.05, 0) is 40.1 Å². The predicted molar refractivity (Wildman–Crippen MR) is 113 cm³/mol. The maximum absolute atomic E-state index is 11.7. The lowest BCUT2D eigenvalue weighted by molar-refractivity contribution is -0.112. The lowest BCUT2D eigenvalue weighted by Crippen LogP contribution is -2.68. The van der Waals surface area contributed by atoms with E-state index in [-0.39, 0.29) is 16.6 Å². The van der Waals surface area contributed by atoms with Crippen LogP contribution in [-0.4, -0.2) is 20.7 Å². The number of fused-ring (bicyclic) bond motifs is 1. The van der Waals surface area contributed by atoms with Gasteiger partial charge in [-0.3, -0.25) is 0 Å². The summed E-state index contributed by atoms with van der Waals surface area (Å²) in [7, 11) is -2.53. The van der Waals surface area contributed by atoms with E-state index in [1.165, 1.54) is 16.7 Å². The van der Waals surface area contributed by atoms with Crippen molar-refractivity contribution in [3.8, 4) is 0 Å². The normalized spacial score (nSPS) is 30.0. The minimum atomic E-state index is -2.53. The molecule has 2 aliphatic carbocycles. The van der Waals surface area contributed by atoms with E-state index in [1.54, 1.807) is 0 Å². The quantitative estimate of drug-likeness (QED) is 0.576. The topological polar surface area (TPSA) is 26.3 Å². The van der Waals surface area contributed by atoms with E-state index in [9.17, 15) is 4.79 Å². The molecule has 2 aromatic rings. The summed E-state index contributed by atoms with van der Waals surface area (Å²) < 4.78 is 7.26. The number of rotatable bonds is 5. The highest BCUT2D eigenvalue weighted by atomic mass is 28.4. The first-order valence-corrected chi connectivity index (χ1v) is 12.0. The zero-order valence-corrected chi connectivity index (χ0v) is 17.8. The molecule has 0 saturated heterocycles. The number of benzene rings is 2. The fraction of sp³-hybridized carbons (Fsp3) is 0.458. The molecular formula is C24H30O2Si. The summed E-state index contributed by atoms with van der Waals surface area (Å²) in [5.41, 5.74) is -0.102. The van der Waals surface area contributed by atoms with Crippen LogP contribution in [0.5, 0.6) is 0 Å². The zero-order valence-electron chi connectivity index (χ0n) is 16.8. The molecular weight excluding hydrogens is 348 g/mol. The van der Waals surface area contributed by atoms with E-state index in [2.05, 4.69) is 88.4 Å². The van der Waals surface area contributed by atoms with Crippen LogP contribution in [-0.2, 0) is 9.22 Å². The second-order valence-electron chi connectivity index (χ2n) is 9.54. The SMILES string of the molecule is C[C@@H]1[C@@H](O[Si](c2ccccc2)(c2ccccc2)C(C)(C)C)C[C@]2(C=O)C[C@H]12. The van der Waals surface area contributed by atoms with Crippen molar-refractivity contribution >= 4 is 25.0 Å². The van der Waals surface area contributed by atoms with Gasteiger partial charge in [-0.1, -0.05) is 88.4 Å². The standard InChI is InChI=1S/C24H30O2Si/c1-18-21-15-24(21,17-25)16-22(18)26-27(23(2,3)4,19-11-7-5-8-12-19)20-13-9-6-10-14-20/h5-14,17-18,21-22H,15-16H2,1-4H3/t18-,21+,22-,24-/m0/s1. The molecule has 3 heteroatoms. The second-order valence-corrected chi connectivity index (χ2v) is 13.8. The molecule has 0 amide bonds. The Morgan fingerprint density at radius 1 is 0.963 bits per heavy atom. The van der Waals surface area contributed by atoms with Crippen molar-refractivity contribution in [2.45, 2.75) is 51.7 Å². The van der Waals surface area contributed by atoms with E-state index in [1.807, 2.05) is 0 Å². The van der Waals surface area contributed by atoms with Crippen LogP contribution in [0.1, 0.15) is 40.5 Å². The van der Waals surface area contributed by atoms with E-state index < -0.39 is 8.32 Å². The molecule has 142 valence electrons. The van der Waals surface area contributed by atoms with Crippen LogP contribution in [0.3, 0.4) is 0 Å². The van der Waals surface area contributed by atoms with Crippen molar-refractivity contribution < 1.29 is 9.22 Å². The molecule has 2 saturated carbocycles. The zero-order chi connectivity index (χ0) is 19.3. The highest BCUT2D eigenvalue weighted by molar-refractivity contribution is 6.99. The molecule has 2 aromatic carbocycles. The lowest BCUT2D eigenvalue weighted by Gasteiger charge is -2.45. The smallest absolute Gasteiger partial charge is 0.261 e. The summed E-state index contributed by atoms with van der Waals surface area (Å²) >= 11 is 0. The van der Waals surface area contributed by atoms with Crippen molar-refractivity contribution in [3.63, 3.8) is 0 Å². The Morgan fingerprint density at radius 3 is 1.89 bits per heavy atom. The summed E-state index contributed by atoms with van der Waals surface area (Å²) in [4.78, 5) is 11.7. The number of hydrogen-bond acceptors (Lipinski definition) is 2. The highest BCUT2D eigenvalue weighted by Gasteiger charge is 2.66. The monoisotopic (exact) mass is 378 g/mol. The van der Waals surface area contributed by atoms with Crippen LogP contribution in [0.4, 0.5) is 0 Å². The Kier molecular flexibility index (Phi) is 4.43. The van der Waals surface area contributed by atoms with Crippen molar-refractivity contribution in [2.75, 3.05) is 0 Å². The van der Waals surface area contributed by atoms with E-state index in [0.717, 1.165) is 12.8 Å². The van der Waals surface area contributed by atoms with Crippen molar-refractivity contribution in [3.05, 3.63) is 60.7 Å². The van der Waals surface area contributed by atoms with Gasteiger partial charge in [0.15, 0.2) is 0 Å². The first kappa shape index (κ1) is 18.6. The molecule has 0 heterocycles. The number of aldehydes is 1. The lowest BCUT2D eigenvalue weighted by atomic mass is 10.0. The van der Waals surface area contributed by atoms with Crippen LogP contribution in [0.25, 0.3) is 0 Å². The average Bonchev–Trinajstić information content (AvgIpc) is 3.33. The summed E-state index contributed by atoms with van der Waals surface area (Å²) in [5, 5.41) is 2.62. The number of carbonyl (C=O) groups is 1. The third kappa shape index (κ3) is 2.83. The first-order chi connectivity index (χ1) is 12.8. The summed E-state index contributed by atoms with van der Waals surface area (Å²) in [6.07, 6.45) is 3.30. The molecule has 0 unspecified atom stereocenters. The third-order valence-corrected chi connectivity index (χ3v) is 12.0. The molecule has 0 aliphatic heterocycles. The fourth-order valence-corrected chi connectivity index (χ4v) is 10.1. The molecule has 0 N–H and O–H groups in total. The molecule has 2 nitrogen and oxygen atoms in total. The summed E-state index contributed by atoms with van der Waals surface area (Å²) in [6.45, 7) is 9.23. The molecule has 4 atom stereocenters. The van der Waals surface area contributed by atoms with Gasteiger partial charge in [0.2, 0.25) is 0 Å². The van der Waals surface area contributed by atoms with E-state index in [0.29, 0.717) is 11.8 Å². The maximum atomic E-state index is 11.7. The largest absolute Gasteiger partial charge is 0.404 e. The highest BCUT2D eigenvalue weighted by Crippen LogP contribution is 2.65. The van der Waals surface area contributed by atoms with Gasteiger partial charge in [-0.25, -0.2) is 0 Å². The third-order valence-electron chi connectivity index (χ3n) is 6.96. The van der Waals surface area contributed by atoms with Crippen LogP contribution in [0, 0.1) is 17.3 Å². The number of carbonyl (C=O) groups excluding carboxylic acids is 1. The van der Waals surface area contributed by atoms with Gasteiger partial charge in [0.05, 0.1) is 0 Å². The Balaban J connectivity index is 1.82. The van der Waals surface area contributed by atoms with Gasteiger partial charge in [0, 0.05) is 11.5 Å². The number of hydrogen-bond donors (Lipinski definition) is 0. The Bertz CT molecular complexity index is 772. The summed E-state index contributed by atoms with van der Waals surface area (Å²) in [5.74, 6) is 0.954. The van der Waals surface area contributed by atoms with Gasteiger partial charge in [-0.15, -0.1) is 0 Å². The summed E-state index contributed by atoms with van der Waals surface area (Å²) in [6, 6.07) is 21.6. The molecule has 0 aromatic heterocycles. The molecule has 4 rings (SSSR count). The molecule has 0 spiro atoms. The van der Waals surface area contributed by atoms with Crippen molar-refractivity contribution in [1.82, 2.24) is 0 Å². The fourth-order valence-electron chi connectivity index (χ4n) is 5.37. The van der Waals surface area contributed by atoms with Crippen LogP contribution in [0.15, 0.2) is 60.7 Å². The van der Waals surface area contributed by atoms with Crippen LogP contribution < -0.4 is 10.4 Å². The van der Waals surface area contributed by atoms with E-state index >= 15 is 0 Å².